The minimum Gasteiger partial charge on any atom is -0.459 e. The summed E-state index contributed by atoms with van der Waals surface area (Å²) in [6, 6.07) is 9.90. The predicted octanol–water partition coefficient (Wildman–Crippen LogP) is 1.19. The van der Waals surface area contributed by atoms with Gasteiger partial charge in [-0.3, -0.25) is 4.79 Å². The number of benzene rings is 1. The van der Waals surface area contributed by atoms with E-state index in [-0.39, 0.29) is 17.8 Å². The molecule has 8 nitrogen and oxygen atoms in total. The zero-order valence-corrected chi connectivity index (χ0v) is 17.2. The lowest BCUT2D eigenvalue weighted by atomic mass is 10.0. The van der Waals surface area contributed by atoms with Gasteiger partial charge in [-0.1, -0.05) is 26.0 Å². The first-order valence-electron chi connectivity index (χ1n) is 10.2. The van der Waals surface area contributed by atoms with E-state index in [2.05, 4.69) is 29.4 Å². The third kappa shape index (κ3) is 4.25. The van der Waals surface area contributed by atoms with Crippen molar-refractivity contribution >= 4 is 5.91 Å². The highest BCUT2D eigenvalue weighted by Gasteiger charge is 2.36. The van der Waals surface area contributed by atoms with Crippen molar-refractivity contribution in [1.29, 1.82) is 0 Å². The fraction of sp³-hybridized carbons (Fsp3) is 0.429. The van der Waals surface area contributed by atoms with Crippen LogP contribution in [0.5, 0.6) is 0 Å². The molecule has 1 atom stereocenters. The molecule has 0 unspecified atom stereocenters. The van der Waals surface area contributed by atoms with E-state index < -0.39 is 0 Å². The molecule has 0 spiro atoms. The van der Waals surface area contributed by atoms with Crippen LogP contribution in [0.4, 0.5) is 4.39 Å². The minimum absolute atomic E-state index is 0.0682. The van der Waals surface area contributed by atoms with Crippen molar-refractivity contribution < 1.29 is 18.5 Å². The number of hydrogen-bond donors (Lipinski definition) is 1. The highest BCUT2D eigenvalue weighted by atomic mass is 19.1. The summed E-state index contributed by atoms with van der Waals surface area (Å²) in [7, 11) is 0. The first-order valence-corrected chi connectivity index (χ1v) is 10.2. The zero-order chi connectivity index (χ0) is 21.1. The Labute approximate surface area is 174 Å². The van der Waals surface area contributed by atoms with E-state index in [1.54, 1.807) is 28.9 Å². The number of hydrogen-bond acceptors (Lipinski definition) is 5. The van der Waals surface area contributed by atoms with Crippen LogP contribution in [0, 0.1) is 11.7 Å². The van der Waals surface area contributed by atoms with Crippen LogP contribution in [0.25, 0.3) is 0 Å². The van der Waals surface area contributed by atoms with E-state index in [9.17, 15) is 9.18 Å². The number of amides is 1. The largest absolute Gasteiger partial charge is 0.459 e. The second-order valence-electron chi connectivity index (χ2n) is 7.97. The molecule has 1 fully saturated rings. The van der Waals surface area contributed by atoms with Gasteiger partial charge < -0.3 is 14.2 Å². The van der Waals surface area contributed by atoms with Gasteiger partial charge in [0.15, 0.2) is 11.8 Å². The number of quaternary nitrogens is 1. The average molecular weight is 413 g/mol. The first-order chi connectivity index (χ1) is 14.5. The van der Waals surface area contributed by atoms with Crippen LogP contribution < -0.4 is 4.90 Å². The van der Waals surface area contributed by atoms with Crippen molar-refractivity contribution in [2.45, 2.75) is 26.4 Å². The van der Waals surface area contributed by atoms with E-state index in [0.29, 0.717) is 31.3 Å². The molecule has 0 aliphatic carbocycles. The Bertz CT molecular complexity index is 962. The maximum absolute atomic E-state index is 13.2. The Balaban J connectivity index is 1.47. The number of piperazine rings is 1. The summed E-state index contributed by atoms with van der Waals surface area (Å²) in [6.07, 6.45) is 1.52. The van der Waals surface area contributed by atoms with E-state index >= 15 is 0 Å². The molecule has 3 aromatic rings. The fourth-order valence-corrected chi connectivity index (χ4v) is 4.13. The topological polar surface area (TPSA) is 81.5 Å². The van der Waals surface area contributed by atoms with Gasteiger partial charge in [-0.05, 0) is 40.3 Å². The van der Waals surface area contributed by atoms with Crippen LogP contribution in [-0.2, 0) is 6.54 Å². The number of nitrogens with zero attached hydrogens (tertiary/aromatic N) is 5. The molecule has 0 radical (unpaired) electrons. The molecule has 9 heteroatoms. The summed E-state index contributed by atoms with van der Waals surface area (Å²) in [6.45, 7) is 7.72. The summed E-state index contributed by atoms with van der Waals surface area (Å²) in [5.41, 5.74) is 0.941. The number of furan rings is 1. The number of halogens is 1. The Kier molecular flexibility index (Phi) is 5.89. The molecule has 1 amide bonds. The fourth-order valence-electron chi connectivity index (χ4n) is 4.13. The minimum atomic E-state index is -0.262. The predicted molar refractivity (Wildman–Crippen MR) is 106 cm³/mol. The summed E-state index contributed by atoms with van der Waals surface area (Å²) in [5.74, 6) is 1.17. The highest BCUT2D eigenvalue weighted by molar-refractivity contribution is 5.91. The van der Waals surface area contributed by atoms with Gasteiger partial charge in [0.25, 0.3) is 5.91 Å². The summed E-state index contributed by atoms with van der Waals surface area (Å²) < 4.78 is 20.3. The van der Waals surface area contributed by atoms with Crippen molar-refractivity contribution in [3.05, 3.63) is 65.6 Å². The van der Waals surface area contributed by atoms with Gasteiger partial charge in [0, 0.05) is 5.92 Å². The number of nitrogens with one attached hydrogen (secondary N) is 1. The second kappa shape index (κ2) is 8.74. The van der Waals surface area contributed by atoms with Crippen LogP contribution in [0.2, 0.25) is 0 Å². The lowest BCUT2D eigenvalue weighted by Gasteiger charge is -2.37. The molecule has 2 aromatic heterocycles. The zero-order valence-electron chi connectivity index (χ0n) is 17.2. The van der Waals surface area contributed by atoms with Crippen LogP contribution in [0.15, 0.2) is 47.1 Å². The van der Waals surface area contributed by atoms with E-state index in [1.165, 1.54) is 23.3 Å². The van der Waals surface area contributed by atoms with Gasteiger partial charge in [-0.2, -0.15) is 0 Å². The van der Waals surface area contributed by atoms with E-state index in [1.807, 2.05) is 4.90 Å². The van der Waals surface area contributed by atoms with Crippen LogP contribution in [0.3, 0.4) is 0 Å². The third-order valence-corrected chi connectivity index (χ3v) is 5.61. The van der Waals surface area contributed by atoms with Crippen LogP contribution in [0.1, 0.15) is 41.8 Å². The van der Waals surface area contributed by atoms with Crippen molar-refractivity contribution in [3.8, 4) is 0 Å². The maximum atomic E-state index is 13.2. The highest BCUT2D eigenvalue weighted by Crippen LogP contribution is 2.18. The van der Waals surface area contributed by atoms with Gasteiger partial charge in [-0.15, -0.1) is 5.10 Å². The molecule has 4 rings (SSSR count). The van der Waals surface area contributed by atoms with Crippen molar-refractivity contribution in [3.63, 3.8) is 0 Å². The summed E-state index contributed by atoms with van der Waals surface area (Å²) in [5, 5.41) is 12.4. The molecular weight excluding hydrogens is 387 g/mol. The molecule has 0 saturated carbocycles. The van der Waals surface area contributed by atoms with Gasteiger partial charge in [0.2, 0.25) is 5.82 Å². The molecule has 0 bridgehead atoms. The monoisotopic (exact) mass is 413 g/mol. The van der Waals surface area contributed by atoms with Crippen LogP contribution >= 0.6 is 0 Å². The van der Waals surface area contributed by atoms with E-state index in [4.69, 9.17) is 4.42 Å². The first kappa shape index (κ1) is 20.2. The van der Waals surface area contributed by atoms with Crippen molar-refractivity contribution in [2.24, 2.45) is 5.92 Å². The number of rotatable bonds is 6. The lowest BCUT2D eigenvalue weighted by molar-refractivity contribution is -0.940. The number of tetrazole rings is 1. The third-order valence-electron chi connectivity index (χ3n) is 5.61. The second-order valence-corrected chi connectivity index (χ2v) is 7.97. The quantitative estimate of drug-likeness (QED) is 0.657. The molecule has 158 valence electrons. The Morgan fingerprint density at radius 2 is 1.93 bits per heavy atom. The molecule has 1 aliphatic heterocycles. The number of carbonyl (C=O) groups is 1. The molecule has 1 aromatic carbocycles. The Morgan fingerprint density at radius 3 is 2.57 bits per heavy atom. The van der Waals surface area contributed by atoms with Crippen molar-refractivity contribution in [2.75, 3.05) is 26.2 Å². The Hall–Kier alpha value is -3.07. The number of carbonyl (C=O) groups excluding carboxylic acids is 1. The normalized spacial score (nSPS) is 16.2. The lowest BCUT2D eigenvalue weighted by Crippen LogP contribution is -3.15. The maximum Gasteiger partial charge on any atom is 0.289 e. The number of aromatic nitrogens is 4. The molecule has 1 N–H and O–H groups in total. The molecule has 30 heavy (non-hydrogen) atoms. The van der Waals surface area contributed by atoms with E-state index in [0.717, 1.165) is 24.5 Å². The SMILES string of the molecule is CC(C)[C@H](c1nnnn1Cc1ccc(F)cc1)[NH+]1CCN(C(=O)c2ccco2)CC1. The summed E-state index contributed by atoms with van der Waals surface area (Å²) in [4.78, 5) is 15.7. The standard InChI is InChI=1S/C21H25FN6O2/c1-15(2)19(20-23-24-25-28(20)14-16-5-7-17(22)8-6-16)26-9-11-27(12-10-26)21(29)18-4-3-13-30-18/h3-8,13,15,19H,9-12,14H2,1-2H3/p+1/t19-/m1/s1. The molecule has 1 saturated heterocycles. The molecule has 1 aliphatic rings. The molecular formula is C21H26FN6O2+. The smallest absolute Gasteiger partial charge is 0.289 e. The van der Waals surface area contributed by atoms with Gasteiger partial charge in [-0.25, -0.2) is 9.07 Å². The van der Waals surface area contributed by atoms with Gasteiger partial charge in [0.1, 0.15) is 5.82 Å². The van der Waals surface area contributed by atoms with Gasteiger partial charge in [0.05, 0.1) is 39.0 Å². The summed E-state index contributed by atoms with van der Waals surface area (Å²) >= 11 is 0. The van der Waals surface area contributed by atoms with Gasteiger partial charge >= 0.3 is 0 Å². The average Bonchev–Trinajstić information content (AvgIpc) is 3.43. The van der Waals surface area contributed by atoms with Crippen molar-refractivity contribution in [1.82, 2.24) is 25.1 Å². The van der Waals surface area contributed by atoms with Crippen LogP contribution in [-0.4, -0.2) is 57.2 Å². The molecule has 3 heterocycles. The Morgan fingerprint density at radius 1 is 1.20 bits per heavy atom.